The summed E-state index contributed by atoms with van der Waals surface area (Å²) < 4.78 is 6.38. The minimum Gasteiger partial charge on any atom is -0.444 e. The number of aromatic nitrogens is 2. The van der Waals surface area contributed by atoms with Gasteiger partial charge in [0.1, 0.15) is 15.1 Å². The fourth-order valence-electron chi connectivity index (χ4n) is 3.50. The molecular formula is C16H23IN4O2. The Balaban J connectivity index is 1.60. The first-order chi connectivity index (χ1) is 10.8. The van der Waals surface area contributed by atoms with Gasteiger partial charge in [-0.2, -0.15) is 0 Å². The minimum atomic E-state index is -0.441. The predicted octanol–water partition coefficient (Wildman–Crippen LogP) is 3.14. The van der Waals surface area contributed by atoms with Gasteiger partial charge in [0, 0.05) is 25.0 Å². The van der Waals surface area contributed by atoms with Crippen molar-refractivity contribution in [3.05, 3.63) is 15.8 Å². The van der Waals surface area contributed by atoms with E-state index < -0.39 is 5.60 Å². The van der Waals surface area contributed by atoms with Crippen LogP contribution in [0.4, 0.5) is 10.6 Å². The highest BCUT2D eigenvalue weighted by Gasteiger charge is 2.45. The van der Waals surface area contributed by atoms with Crippen LogP contribution in [0.3, 0.4) is 0 Å². The number of amides is 1. The number of nitrogens with one attached hydrogen (secondary N) is 1. The van der Waals surface area contributed by atoms with Crippen molar-refractivity contribution in [2.45, 2.75) is 45.3 Å². The molecule has 3 rings (SSSR count). The van der Waals surface area contributed by atoms with Crippen LogP contribution in [0.5, 0.6) is 0 Å². The zero-order chi connectivity index (χ0) is 16.6. The molecule has 1 amide bonds. The molecule has 7 heteroatoms. The maximum atomic E-state index is 12.3. The highest BCUT2D eigenvalue weighted by atomic mass is 127. The Bertz CT molecular complexity index is 572. The lowest BCUT2D eigenvalue weighted by molar-refractivity contribution is 0.0280. The van der Waals surface area contributed by atoms with Gasteiger partial charge in [-0.05, 0) is 74.3 Å². The number of likely N-dealkylation sites (tertiary alicyclic amines) is 1. The molecule has 2 heterocycles. The molecule has 23 heavy (non-hydrogen) atoms. The topological polar surface area (TPSA) is 67.3 Å². The molecule has 1 saturated heterocycles. The molecule has 3 unspecified atom stereocenters. The van der Waals surface area contributed by atoms with Crippen molar-refractivity contribution >= 4 is 34.5 Å². The quantitative estimate of drug-likeness (QED) is 0.731. The maximum absolute atomic E-state index is 12.3. The van der Waals surface area contributed by atoms with Gasteiger partial charge in [0.15, 0.2) is 0 Å². The number of fused-ring (bicyclic) bond motifs is 1. The normalized spacial score (nSPS) is 27.0. The minimum absolute atomic E-state index is 0.195. The van der Waals surface area contributed by atoms with Crippen molar-refractivity contribution in [1.82, 2.24) is 15.1 Å². The number of anilines is 1. The number of ether oxygens (including phenoxy) is 1. The summed E-state index contributed by atoms with van der Waals surface area (Å²) in [7, 11) is 0. The lowest BCUT2D eigenvalue weighted by Gasteiger charge is -2.26. The highest BCUT2D eigenvalue weighted by Crippen LogP contribution is 2.39. The van der Waals surface area contributed by atoms with Crippen molar-refractivity contribution in [3.8, 4) is 0 Å². The number of hydrogen-bond acceptors (Lipinski definition) is 5. The number of hydrogen-bond donors (Lipinski definition) is 1. The molecule has 0 spiro atoms. The van der Waals surface area contributed by atoms with Gasteiger partial charge in [-0.3, -0.25) is 0 Å². The fourth-order valence-corrected chi connectivity index (χ4v) is 3.79. The Labute approximate surface area is 150 Å². The molecule has 1 aromatic heterocycles. The molecule has 1 aromatic rings. The van der Waals surface area contributed by atoms with Crippen LogP contribution in [0.25, 0.3) is 0 Å². The summed E-state index contributed by atoms with van der Waals surface area (Å²) in [6, 6.07) is 4.26. The third-order valence-corrected chi connectivity index (χ3v) is 5.05. The van der Waals surface area contributed by atoms with Crippen molar-refractivity contribution in [2.24, 2.45) is 11.8 Å². The molecule has 2 aliphatic rings. The number of halogens is 1. The van der Waals surface area contributed by atoms with E-state index in [-0.39, 0.29) is 6.09 Å². The van der Waals surface area contributed by atoms with Gasteiger partial charge < -0.3 is 15.0 Å². The van der Waals surface area contributed by atoms with Gasteiger partial charge in [0.25, 0.3) is 0 Å². The summed E-state index contributed by atoms with van der Waals surface area (Å²) in [4.78, 5) is 14.1. The average molecular weight is 430 g/mol. The van der Waals surface area contributed by atoms with E-state index in [1.54, 1.807) is 0 Å². The van der Waals surface area contributed by atoms with E-state index in [0.717, 1.165) is 35.4 Å². The molecule has 0 aromatic carbocycles. The van der Waals surface area contributed by atoms with Gasteiger partial charge >= 0.3 is 6.09 Å². The third kappa shape index (κ3) is 4.05. The zero-order valence-corrected chi connectivity index (χ0v) is 15.9. The second kappa shape index (κ2) is 6.41. The van der Waals surface area contributed by atoms with Crippen LogP contribution in [-0.2, 0) is 4.74 Å². The number of carbonyl (C=O) groups is 1. The van der Waals surface area contributed by atoms with Crippen LogP contribution in [-0.4, -0.2) is 45.9 Å². The van der Waals surface area contributed by atoms with Crippen LogP contribution in [0, 0.1) is 15.5 Å². The van der Waals surface area contributed by atoms with Crippen molar-refractivity contribution in [3.63, 3.8) is 0 Å². The second-order valence-electron chi connectivity index (χ2n) is 7.38. The first-order valence-corrected chi connectivity index (χ1v) is 9.13. The predicted molar refractivity (Wildman–Crippen MR) is 96.2 cm³/mol. The van der Waals surface area contributed by atoms with E-state index in [1.807, 2.05) is 37.8 Å². The van der Waals surface area contributed by atoms with Crippen molar-refractivity contribution in [2.75, 3.05) is 18.4 Å². The third-order valence-electron chi connectivity index (χ3n) is 4.47. The summed E-state index contributed by atoms with van der Waals surface area (Å²) in [6.45, 7) is 7.27. The number of nitrogens with zero attached hydrogens (tertiary/aromatic N) is 3. The Morgan fingerprint density at radius 2 is 2.09 bits per heavy atom. The van der Waals surface area contributed by atoms with E-state index in [4.69, 9.17) is 4.74 Å². The van der Waals surface area contributed by atoms with E-state index in [9.17, 15) is 4.79 Å². The zero-order valence-electron chi connectivity index (χ0n) is 13.8. The fraction of sp³-hybridized carbons (Fsp3) is 0.688. The van der Waals surface area contributed by atoms with Crippen LogP contribution >= 0.6 is 22.6 Å². The van der Waals surface area contributed by atoms with Crippen LogP contribution < -0.4 is 5.32 Å². The van der Waals surface area contributed by atoms with Gasteiger partial charge in [0.05, 0.1) is 0 Å². The summed E-state index contributed by atoms with van der Waals surface area (Å²) in [5.74, 6) is 1.83. The monoisotopic (exact) mass is 430 g/mol. The summed E-state index contributed by atoms with van der Waals surface area (Å²) in [5.41, 5.74) is -0.441. The first kappa shape index (κ1) is 16.7. The van der Waals surface area contributed by atoms with E-state index in [1.165, 1.54) is 0 Å². The van der Waals surface area contributed by atoms with E-state index >= 15 is 0 Å². The van der Waals surface area contributed by atoms with E-state index in [0.29, 0.717) is 17.9 Å². The van der Waals surface area contributed by atoms with Crippen LogP contribution in [0.15, 0.2) is 12.1 Å². The van der Waals surface area contributed by atoms with Crippen molar-refractivity contribution in [1.29, 1.82) is 0 Å². The smallest absolute Gasteiger partial charge is 0.410 e. The first-order valence-electron chi connectivity index (χ1n) is 8.05. The van der Waals surface area contributed by atoms with Gasteiger partial charge in [-0.15, -0.1) is 10.2 Å². The summed E-state index contributed by atoms with van der Waals surface area (Å²) >= 11 is 2.15. The Morgan fingerprint density at radius 1 is 1.30 bits per heavy atom. The lowest BCUT2D eigenvalue weighted by Crippen LogP contribution is -2.37. The molecule has 3 atom stereocenters. The average Bonchev–Trinajstić information content (AvgIpc) is 3.01. The standard InChI is InChI=1S/C16H23IN4O2/c1-16(2,3)23-15(22)21-8-10-4-5-12(11(10)9-21)18-14-7-6-13(17)19-20-14/h6-7,10-12H,4-5,8-9H2,1-3H3,(H,18,20). The lowest BCUT2D eigenvalue weighted by atomic mass is 9.98. The molecule has 0 radical (unpaired) electrons. The molecule has 1 aliphatic heterocycles. The van der Waals surface area contributed by atoms with Gasteiger partial charge in [0.2, 0.25) is 0 Å². The summed E-state index contributed by atoms with van der Waals surface area (Å²) in [5, 5.41) is 11.8. The maximum Gasteiger partial charge on any atom is 0.410 e. The molecular weight excluding hydrogens is 407 g/mol. The van der Waals surface area contributed by atoms with E-state index in [2.05, 4.69) is 38.1 Å². The molecule has 2 fully saturated rings. The molecule has 6 nitrogen and oxygen atoms in total. The molecule has 1 aliphatic carbocycles. The largest absolute Gasteiger partial charge is 0.444 e. The Hall–Kier alpha value is -1.12. The van der Waals surface area contributed by atoms with Gasteiger partial charge in [-0.1, -0.05) is 0 Å². The van der Waals surface area contributed by atoms with Crippen LogP contribution in [0.1, 0.15) is 33.6 Å². The molecule has 126 valence electrons. The molecule has 1 N–H and O–H groups in total. The molecule has 0 bridgehead atoms. The number of rotatable bonds is 2. The Morgan fingerprint density at radius 3 is 2.74 bits per heavy atom. The highest BCUT2D eigenvalue weighted by molar-refractivity contribution is 14.1. The van der Waals surface area contributed by atoms with Crippen molar-refractivity contribution < 1.29 is 9.53 Å². The Kier molecular flexibility index (Phi) is 4.66. The summed E-state index contributed by atoms with van der Waals surface area (Å²) in [6.07, 6.45) is 2.06. The second-order valence-corrected chi connectivity index (χ2v) is 8.48. The SMILES string of the molecule is CC(C)(C)OC(=O)N1CC2CCC(Nc3ccc(I)nn3)C2C1. The van der Waals surface area contributed by atoms with Gasteiger partial charge in [-0.25, -0.2) is 4.79 Å². The van der Waals surface area contributed by atoms with Crippen LogP contribution in [0.2, 0.25) is 0 Å². The number of carbonyl (C=O) groups excluding carboxylic acids is 1. The molecule has 1 saturated carbocycles.